The van der Waals surface area contributed by atoms with E-state index in [-0.39, 0.29) is 12.3 Å². The lowest BCUT2D eigenvalue weighted by molar-refractivity contribution is -0.141. The molecule has 5 nitrogen and oxygen atoms in total. The number of amides is 1. The molecule has 1 amide bonds. The van der Waals surface area contributed by atoms with Crippen LogP contribution in [-0.4, -0.2) is 23.6 Å². The van der Waals surface area contributed by atoms with Crippen molar-refractivity contribution in [2.75, 3.05) is 6.61 Å². The maximum absolute atomic E-state index is 12.1. The van der Waals surface area contributed by atoms with Crippen molar-refractivity contribution in [3.05, 3.63) is 50.7 Å². The second kappa shape index (κ2) is 6.60. The quantitative estimate of drug-likeness (QED) is 0.868. The standard InChI is InChI=1S/C16H14ClNO4S/c17-13-4-2-11(23-13)8-14(19)18-15(16(20)21)10-1-3-12-9(7-10)5-6-22-12/h1-4,7,15H,5-6,8H2,(H,18,19)(H,20,21). The van der Waals surface area contributed by atoms with Crippen molar-refractivity contribution in [3.63, 3.8) is 0 Å². The summed E-state index contributed by atoms with van der Waals surface area (Å²) in [6.07, 6.45) is 0.854. The van der Waals surface area contributed by atoms with Gasteiger partial charge in [0.1, 0.15) is 5.75 Å². The number of aliphatic carboxylic acids is 1. The van der Waals surface area contributed by atoms with Crippen molar-refractivity contribution in [3.8, 4) is 5.75 Å². The first-order valence-electron chi connectivity index (χ1n) is 7.05. The van der Waals surface area contributed by atoms with Gasteiger partial charge in [-0.15, -0.1) is 11.3 Å². The molecule has 1 aromatic carbocycles. The van der Waals surface area contributed by atoms with Crippen LogP contribution in [0.25, 0.3) is 0 Å². The highest BCUT2D eigenvalue weighted by atomic mass is 35.5. The Kier molecular flexibility index (Phi) is 4.54. The third-order valence-electron chi connectivity index (χ3n) is 3.56. The van der Waals surface area contributed by atoms with Crippen molar-refractivity contribution in [1.82, 2.24) is 5.32 Å². The molecule has 0 radical (unpaired) electrons. The average molecular weight is 352 g/mol. The van der Waals surface area contributed by atoms with Gasteiger partial charge in [-0.3, -0.25) is 4.79 Å². The zero-order chi connectivity index (χ0) is 16.4. The number of fused-ring (bicyclic) bond motifs is 1. The third-order valence-corrected chi connectivity index (χ3v) is 4.79. The van der Waals surface area contributed by atoms with Gasteiger partial charge in [-0.1, -0.05) is 17.7 Å². The number of rotatable bonds is 5. The largest absolute Gasteiger partial charge is 0.493 e. The van der Waals surface area contributed by atoms with Crippen LogP contribution in [0.2, 0.25) is 4.34 Å². The molecule has 1 aliphatic heterocycles. The molecule has 0 spiro atoms. The summed E-state index contributed by atoms with van der Waals surface area (Å²) in [6.45, 7) is 0.599. The van der Waals surface area contributed by atoms with Gasteiger partial charge in [0.05, 0.1) is 17.4 Å². The van der Waals surface area contributed by atoms with Crippen molar-refractivity contribution in [2.45, 2.75) is 18.9 Å². The summed E-state index contributed by atoms with van der Waals surface area (Å²) in [4.78, 5) is 24.4. The SMILES string of the molecule is O=C(Cc1ccc(Cl)s1)NC(C(=O)O)c1ccc2c(c1)CCO2. The third kappa shape index (κ3) is 3.65. The first kappa shape index (κ1) is 15.8. The molecule has 1 atom stereocenters. The second-order valence-electron chi connectivity index (χ2n) is 5.19. The number of benzene rings is 1. The summed E-state index contributed by atoms with van der Waals surface area (Å²) in [7, 11) is 0. The number of hydrogen-bond donors (Lipinski definition) is 2. The van der Waals surface area contributed by atoms with Gasteiger partial charge in [0.2, 0.25) is 5.91 Å². The van der Waals surface area contributed by atoms with Crippen molar-refractivity contribution in [1.29, 1.82) is 0 Å². The van der Waals surface area contributed by atoms with Gasteiger partial charge in [0.15, 0.2) is 6.04 Å². The highest BCUT2D eigenvalue weighted by Gasteiger charge is 2.24. The van der Waals surface area contributed by atoms with E-state index in [1.165, 1.54) is 11.3 Å². The van der Waals surface area contributed by atoms with Gasteiger partial charge < -0.3 is 15.2 Å². The van der Waals surface area contributed by atoms with E-state index in [2.05, 4.69) is 5.32 Å². The molecule has 0 bridgehead atoms. The molecule has 0 saturated carbocycles. The summed E-state index contributed by atoms with van der Waals surface area (Å²) in [5.74, 6) is -0.675. The highest BCUT2D eigenvalue weighted by molar-refractivity contribution is 7.16. The monoisotopic (exact) mass is 351 g/mol. The molecule has 1 unspecified atom stereocenters. The lowest BCUT2D eigenvalue weighted by atomic mass is 10.0. The molecule has 0 saturated heterocycles. The number of nitrogens with one attached hydrogen (secondary N) is 1. The number of ether oxygens (including phenoxy) is 1. The van der Waals surface area contributed by atoms with Crippen LogP contribution in [0.5, 0.6) is 5.75 Å². The van der Waals surface area contributed by atoms with Gasteiger partial charge in [-0.05, 0) is 35.4 Å². The molecule has 3 rings (SSSR count). The zero-order valence-electron chi connectivity index (χ0n) is 12.0. The molecule has 2 heterocycles. The van der Waals surface area contributed by atoms with Crippen LogP contribution >= 0.6 is 22.9 Å². The molecule has 7 heteroatoms. The lowest BCUT2D eigenvalue weighted by Gasteiger charge is -2.15. The predicted molar refractivity (Wildman–Crippen MR) is 87.2 cm³/mol. The number of carboxylic acids is 1. The zero-order valence-corrected chi connectivity index (χ0v) is 13.6. The summed E-state index contributed by atoms with van der Waals surface area (Å²) in [5.41, 5.74) is 1.51. The Hall–Kier alpha value is -2.05. The average Bonchev–Trinajstić information content (AvgIpc) is 3.12. The number of carbonyl (C=O) groups excluding carboxylic acids is 1. The van der Waals surface area contributed by atoms with Crippen LogP contribution in [-0.2, 0) is 22.4 Å². The maximum atomic E-state index is 12.1. The van der Waals surface area contributed by atoms with E-state index in [1.54, 1.807) is 30.3 Å². The van der Waals surface area contributed by atoms with E-state index in [0.717, 1.165) is 22.6 Å². The highest BCUT2D eigenvalue weighted by Crippen LogP contribution is 2.28. The van der Waals surface area contributed by atoms with Gasteiger partial charge in [-0.2, -0.15) is 0 Å². The Morgan fingerprint density at radius 3 is 2.87 bits per heavy atom. The normalized spacial score (nSPS) is 14.0. The summed E-state index contributed by atoms with van der Waals surface area (Å²) >= 11 is 7.14. The van der Waals surface area contributed by atoms with E-state index in [1.807, 2.05) is 0 Å². The fraction of sp³-hybridized carbons (Fsp3) is 0.250. The summed E-state index contributed by atoms with van der Waals surface area (Å²) in [5, 5.41) is 12.0. The van der Waals surface area contributed by atoms with Crippen LogP contribution in [0.3, 0.4) is 0 Å². The molecule has 2 N–H and O–H groups in total. The number of halogens is 1. The fourth-order valence-corrected chi connectivity index (χ4v) is 3.58. The second-order valence-corrected chi connectivity index (χ2v) is 6.99. The van der Waals surface area contributed by atoms with Crippen molar-refractivity contribution >= 4 is 34.8 Å². The van der Waals surface area contributed by atoms with Gasteiger partial charge >= 0.3 is 5.97 Å². The van der Waals surface area contributed by atoms with Crippen LogP contribution in [0.15, 0.2) is 30.3 Å². The Balaban J connectivity index is 1.74. The topological polar surface area (TPSA) is 75.6 Å². The van der Waals surface area contributed by atoms with Crippen molar-refractivity contribution in [2.24, 2.45) is 0 Å². The summed E-state index contributed by atoms with van der Waals surface area (Å²) < 4.78 is 6.01. The van der Waals surface area contributed by atoms with Gasteiger partial charge in [0, 0.05) is 11.3 Å². The first-order chi connectivity index (χ1) is 11.0. The molecule has 1 aliphatic rings. The first-order valence-corrected chi connectivity index (χ1v) is 8.24. The van der Waals surface area contributed by atoms with E-state index in [0.29, 0.717) is 16.5 Å². The molecule has 120 valence electrons. The minimum Gasteiger partial charge on any atom is -0.493 e. The van der Waals surface area contributed by atoms with Gasteiger partial charge in [-0.25, -0.2) is 4.79 Å². The smallest absolute Gasteiger partial charge is 0.330 e. The predicted octanol–water partition coefficient (Wildman–Crippen LogP) is 2.82. The molecule has 2 aromatic rings. The Morgan fingerprint density at radius 1 is 1.35 bits per heavy atom. The van der Waals surface area contributed by atoms with E-state index < -0.39 is 12.0 Å². The molecular weight excluding hydrogens is 338 g/mol. The molecule has 1 aromatic heterocycles. The molecular formula is C16H14ClNO4S. The molecule has 23 heavy (non-hydrogen) atoms. The lowest BCUT2D eigenvalue weighted by Crippen LogP contribution is -2.34. The number of thiophene rings is 1. The van der Waals surface area contributed by atoms with Crippen molar-refractivity contribution < 1.29 is 19.4 Å². The van der Waals surface area contributed by atoms with Crippen LogP contribution < -0.4 is 10.1 Å². The van der Waals surface area contributed by atoms with E-state index in [9.17, 15) is 14.7 Å². The van der Waals surface area contributed by atoms with Crippen LogP contribution in [0.4, 0.5) is 0 Å². The Labute approximate surface area is 141 Å². The maximum Gasteiger partial charge on any atom is 0.330 e. The Bertz CT molecular complexity index is 758. The molecule has 0 fully saturated rings. The number of carboxylic acid groups (broad SMARTS) is 1. The Morgan fingerprint density at radius 2 is 2.17 bits per heavy atom. The summed E-state index contributed by atoms with van der Waals surface area (Å²) in [6, 6.07) is 7.59. The molecule has 0 aliphatic carbocycles. The van der Waals surface area contributed by atoms with Crippen LogP contribution in [0.1, 0.15) is 22.0 Å². The van der Waals surface area contributed by atoms with E-state index >= 15 is 0 Å². The van der Waals surface area contributed by atoms with E-state index in [4.69, 9.17) is 16.3 Å². The minimum absolute atomic E-state index is 0.106. The number of carbonyl (C=O) groups is 2. The minimum atomic E-state index is -1.10. The number of hydrogen-bond acceptors (Lipinski definition) is 4. The van der Waals surface area contributed by atoms with Gasteiger partial charge in [0.25, 0.3) is 0 Å². The van der Waals surface area contributed by atoms with Crippen LogP contribution in [0, 0.1) is 0 Å². The fourth-order valence-electron chi connectivity index (χ4n) is 2.49.